The second-order valence-electron chi connectivity index (χ2n) is 4.82. The maximum atomic E-state index is 12.1. The predicted molar refractivity (Wildman–Crippen MR) is 85.0 cm³/mol. The summed E-state index contributed by atoms with van der Waals surface area (Å²) >= 11 is 0. The minimum atomic E-state index is -0.0515. The Balaban J connectivity index is 2.43. The minimum absolute atomic E-state index is 0.0515. The second kappa shape index (κ2) is 9.26. The van der Waals surface area contributed by atoms with Crippen LogP contribution in [-0.2, 0) is 0 Å². The molecule has 4 heteroatoms. The smallest absolute Gasteiger partial charge is 0.253 e. The van der Waals surface area contributed by atoms with Gasteiger partial charge in [-0.2, -0.15) is 0 Å². The fraction of sp³-hybridized carbons (Fsp3) is 0.500. The van der Waals surface area contributed by atoms with Crippen molar-refractivity contribution in [2.24, 2.45) is 4.99 Å². The number of para-hydroxylation sites is 1. The zero-order valence-electron chi connectivity index (χ0n) is 12.7. The Bertz CT molecular complexity index is 443. The van der Waals surface area contributed by atoms with E-state index in [2.05, 4.69) is 29.2 Å². The van der Waals surface area contributed by atoms with Crippen LogP contribution >= 0.6 is 0 Å². The number of hydrogen-bond donors (Lipinski definition) is 1. The molecule has 0 heterocycles. The number of nitrogens with one attached hydrogen (secondary N) is 1. The van der Waals surface area contributed by atoms with Gasteiger partial charge in [0.25, 0.3) is 5.91 Å². The van der Waals surface area contributed by atoms with Crippen LogP contribution < -0.4 is 5.32 Å². The van der Waals surface area contributed by atoms with E-state index in [4.69, 9.17) is 0 Å². The highest BCUT2D eigenvalue weighted by Crippen LogP contribution is 2.17. The minimum Gasteiger partial charge on any atom is -0.352 e. The molecular formula is C16H25N3O. The average molecular weight is 275 g/mol. The Kier molecular flexibility index (Phi) is 7.58. The predicted octanol–water partition coefficient (Wildman–Crippen LogP) is 2.87. The Morgan fingerprint density at radius 1 is 1.35 bits per heavy atom. The summed E-state index contributed by atoms with van der Waals surface area (Å²) in [6.07, 6.45) is 3.82. The quantitative estimate of drug-likeness (QED) is 0.585. The fourth-order valence-electron chi connectivity index (χ4n) is 2.06. The van der Waals surface area contributed by atoms with E-state index < -0.39 is 0 Å². The lowest BCUT2D eigenvalue weighted by Crippen LogP contribution is -2.28. The third-order valence-corrected chi connectivity index (χ3v) is 3.02. The highest BCUT2D eigenvalue weighted by atomic mass is 16.1. The van der Waals surface area contributed by atoms with Crippen LogP contribution in [0, 0.1) is 0 Å². The van der Waals surface area contributed by atoms with E-state index >= 15 is 0 Å². The van der Waals surface area contributed by atoms with E-state index in [1.165, 1.54) is 0 Å². The summed E-state index contributed by atoms with van der Waals surface area (Å²) in [5, 5.41) is 2.96. The maximum absolute atomic E-state index is 12.1. The van der Waals surface area contributed by atoms with Crippen LogP contribution in [0.25, 0.3) is 0 Å². The Hall–Kier alpha value is -1.68. The van der Waals surface area contributed by atoms with E-state index in [1.54, 1.807) is 12.3 Å². The summed E-state index contributed by atoms with van der Waals surface area (Å²) in [6.45, 7) is 6.81. The van der Waals surface area contributed by atoms with Crippen molar-refractivity contribution >= 4 is 17.8 Å². The van der Waals surface area contributed by atoms with Crippen LogP contribution in [0.4, 0.5) is 5.69 Å². The number of aliphatic imine (C=N–C) groups is 1. The summed E-state index contributed by atoms with van der Waals surface area (Å²) in [6, 6.07) is 7.41. The molecule has 0 fully saturated rings. The average Bonchev–Trinajstić information content (AvgIpc) is 2.44. The Labute approximate surface area is 121 Å². The van der Waals surface area contributed by atoms with Crippen LogP contribution in [0.15, 0.2) is 29.3 Å². The maximum Gasteiger partial charge on any atom is 0.253 e. The van der Waals surface area contributed by atoms with Crippen molar-refractivity contribution in [3.05, 3.63) is 29.8 Å². The van der Waals surface area contributed by atoms with E-state index in [1.807, 2.05) is 25.1 Å². The first-order valence-electron chi connectivity index (χ1n) is 7.23. The van der Waals surface area contributed by atoms with Crippen molar-refractivity contribution in [1.82, 2.24) is 10.2 Å². The number of benzene rings is 1. The van der Waals surface area contributed by atoms with Gasteiger partial charge in [-0.25, -0.2) is 0 Å². The number of carbonyl (C=O) groups excluding carboxylic acids is 1. The van der Waals surface area contributed by atoms with Gasteiger partial charge in [0.05, 0.1) is 11.3 Å². The molecule has 0 unspecified atom stereocenters. The zero-order chi connectivity index (χ0) is 14.8. The molecule has 0 saturated heterocycles. The molecule has 20 heavy (non-hydrogen) atoms. The van der Waals surface area contributed by atoms with E-state index in [0.29, 0.717) is 12.1 Å². The molecule has 0 aromatic heterocycles. The molecule has 0 bridgehead atoms. The number of hydrogen-bond acceptors (Lipinski definition) is 3. The van der Waals surface area contributed by atoms with Crippen molar-refractivity contribution in [1.29, 1.82) is 0 Å². The third kappa shape index (κ3) is 5.53. The SMILES string of the molecule is CC=Nc1ccccc1C(=O)NCCCN(C)CCC. The van der Waals surface area contributed by atoms with Crippen molar-refractivity contribution < 1.29 is 4.79 Å². The first-order chi connectivity index (χ1) is 9.69. The van der Waals surface area contributed by atoms with Crippen LogP contribution in [0.5, 0.6) is 0 Å². The molecule has 1 N–H and O–H groups in total. The number of amides is 1. The van der Waals surface area contributed by atoms with Gasteiger partial charge in [0.2, 0.25) is 0 Å². The summed E-state index contributed by atoms with van der Waals surface area (Å²) in [7, 11) is 2.11. The van der Waals surface area contributed by atoms with Gasteiger partial charge in [-0.1, -0.05) is 19.1 Å². The van der Waals surface area contributed by atoms with Gasteiger partial charge in [0.1, 0.15) is 0 Å². The first-order valence-corrected chi connectivity index (χ1v) is 7.23. The van der Waals surface area contributed by atoms with Gasteiger partial charge >= 0.3 is 0 Å². The molecule has 0 spiro atoms. The second-order valence-corrected chi connectivity index (χ2v) is 4.82. The van der Waals surface area contributed by atoms with E-state index in [9.17, 15) is 4.79 Å². The molecule has 0 atom stereocenters. The van der Waals surface area contributed by atoms with Gasteiger partial charge in [-0.05, 0) is 52.0 Å². The van der Waals surface area contributed by atoms with Gasteiger partial charge in [-0.3, -0.25) is 9.79 Å². The summed E-state index contributed by atoms with van der Waals surface area (Å²) in [5.74, 6) is -0.0515. The molecule has 1 amide bonds. The molecular weight excluding hydrogens is 250 g/mol. The van der Waals surface area contributed by atoms with Crippen molar-refractivity contribution in [2.45, 2.75) is 26.7 Å². The molecule has 1 rings (SSSR count). The number of carbonyl (C=O) groups is 1. The van der Waals surface area contributed by atoms with E-state index in [0.717, 1.165) is 31.6 Å². The van der Waals surface area contributed by atoms with Gasteiger partial charge < -0.3 is 10.2 Å². The monoisotopic (exact) mass is 275 g/mol. The van der Waals surface area contributed by atoms with Gasteiger partial charge in [0, 0.05) is 12.8 Å². The molecule has 110 valence electrons. The largest absolute Gasteiger partial charge is 0.352 e. The first kappa shape index (κ1) is 16.4. The Morgan fingerprint density at radius 3 is 2.80 bits per heavy atom. The molecule has 0 radical (unpaired) electrons. The summed E-state index contributed by atoms with van der Waals surface area (Å²) in [4.78, 5) is 18.6. The molecule has 0 saturated carbocycles. The molecule has 1 aromatic rings. The highest BCUT2D eigenvalue weighted by Gasteiger charge is 2.09. The fourth-order valence-corrected chi connectivity index (χ4v) is 2.06. The molecule has 0 aliphatic heterocycles. The summed E-state index contributed by atoms with van der Waals surface area (Å²) in [5.41, 5.74) is 1.35. The van der Waals surface area contributed by atoms with Gasteiger partial charge in [0.15, 0.2) is 0 Å². The molecule has 0 aliphatic rings. The lowest BCUT2D eigenvalue weighted by atomic mass is 10.1. The number of nitrogens with zero attached hydrogens (tertiary/aromatic N) is 2. The lowest BCUT2D eigenvalue weighted by molar-refractivity contribution is 0.0952. The highest BCUT2D eigenvalue weighted by molar-refractivity contribution is 5.99. The van der Waals surface area contributed by atoms with E-state index in [-0.39, 0.29) is 5.91 Å². The van der Waals surface area contributed by atoms with Crippen molar-refractivity contribution in [2.75, 3.05) is 26.7 Å². The standard InChI is InChI=1S/C16H25N3O/c1-4-12-19(3)13-8-11-18-16(20)14-9-6-7-10-15(14)17-5-2/h5-7,9-10H,4,8,11-13H2,1-3H3,(H,18,20). The van der Waals surface area contributed by atoms with Crippen LogP contribution in [0.3, 0.4) is 0 Å². The molecule has 1 aromatic carbocycles. The third-order valence-electron chi connectivity index (χ3n) is 3.02. The summed E-state index contributed by atoms with van der Waals surface area (Å²) < 4.78 is 0. The Morgan fingerprint density at radius 2 is 2.10 bits per heavy atom. The van der Waals surface area contributed by atoms with Crippen LogP contribution in [0.1, 0.15) is 37.0 Å². The van der Waals surface area contributed by atoms with Crippen molar-refractivity contribution in [3.63, 3.8) is 0 Å². The molecule has 4 nitrogen and oxygen atoms in total. The number of rotatable bonds is 8. The van der Waals surface area contributed by atoms with Gasteiger partial charge in [-0.15, -0.1) is 0 Å². The van der Waals surface area contributed by atoms with Crippen LogP contribution in [0.2, 0.25) is 0 Å². The topological polar surface area (TPSA) is 44.7 Å². The van der Waals surface area contributed by atoms with Crippen molar-refractivity contribution in [3.8, 4) is 0 Å². The normalized spacial score (nSPS) is 11.2. The zero-order valence-corrected chi connectivity index (χ0v) is 12.7. The van der Waals surface area contributed by atoms with Crippen LogP contribution in [-0.4, -0.2) is 43.7 Å². The molecule has 0 aliphatic carbocycles. The lowest BCUT2D eigenvalue weighted by Gasteiger charge is -2.15.